The van der Waals surface area contributed by atoms with Crippen LogP contribution in [0.1, 0.15) is 25.0 Å². The number of carbonyl (C=O) groups is 2. The lowest BCUT2D eigenvalue weighted by molar-refractivity contribution is -0.128. The Morgan fingerprint density at radius 2 is 2.06 bits per heavy atom. The van der Waals surface area contributed by atoms with Crippen LogP contribution in [0.15, 0.2) is 24.7 Å². The first kappa shape index (κ1) is 23.2. The minimum atomic E-state index is -1.89. The molecule has 2 heterocycles. The summed E-state index contributed by atoms with van der Waals surface area (Å²) in [5.41, 5.74) is 1.58. The SMILES string of the molecule is CN(CCCS(=O)O)C(=O)CNc1cc(-c2cnc(NC(=O)C3CC3)cn2)cnc1C#N. The van der Waals surface area contributed by atoms with Gasteiger partial charge in [0, 0.05) is 31.3 Å². The Morgan fingerprint density at radius 1 is 1.28 bits per heavy atom. The maximum atomic E-state index is 12.3. The second-order valence-corrected chi connectivity index (χ2v) is 8.38. The molecule has 168 valence electrons. The van der Waals surface area contributed by atoms with Crippen molar-refractivity contribution in [3.63, 3.8) is 0 Å². The van der Waals surface area contributed by atoms with Crippen LogP contribution >= 0.6 is 0 Å². The quantitative estimate of drug-likeness (QED) is 0.446. The van der Waals surface area contributed by atoms with Crippen molar-refractivity contribution in [2.75, 3.05) is 36.5 Å². The normalized spacial score (nSPS) is 13.7. The second kappa shape index (κ2) is 10.7. The van der Waals surface area contributed by atoms with Crippen LogP contribution in [0.2, 0.25) is 0 Å². The van der Waals surface area contributed by atoms with Gasteiger partial charge in [-0.15, -0.1) is 0 Å². The molecule has 1 aliphatic carbocycles. The lowest BCUT2D eigenvalue weighted by Crippen LogP contribution is -2.33. The third-order valence-electron chi connectivity index (χ3n) is 4.81. The topological polar surface area (TPSA) is 161 Å². The molecule has 1 fully saturated rings. The molecule has 2 amide bonds. The molecule has 2 aromatic rings. The van der Waals surface area contributed by atoms with Gasteiger partial charge >= 0.3 is 0 Å². The van der Waals surface area contributed by atoms with E-state index >= 15 is 0 Å². The van der Waals surface area contributed by atoms with Crippen molar-refractivity contribution in [1.82, 2.24) is 19.9 Å². The highest BCUT2D eigenvalue weighted by Gasteiger charge is 2.29. The maximum Gasteiger partial charge on any atom is 0.241 e. The van der Waals surface area contributed by atoms with Crippen LogP contribution in [0.5, 0.6) is 0 Å². The molecule has 1 aliphatic rings. The fourth-order valence-electron chi connectivity index (χ4n) is 2.80. The summed E-state index contributed by atoms with van der Waals surface area (Å²) >= 11 is -1.89. The molecule has 1 saturated carbocycles. The van der Waals surface area contributed by atoms with Crippen molar-refractivity contribution < 1.29 is 18.4 Å². The number of hydrogen-bond acceptors (Lipinski definition) is 8. The number of nitriles is 1. The minimum Gasteiger partial charge on any atom is -0.374 e. The van der Waals surface area contributed by atoms with Gasteiger partial charge < -0.3 is 20.1 Å². The summed E-state index contributed by atoms with van der Waals surface area (Å²) in [7, 11) is 1.60. The number of rotatable bonds is 10. The molecular formula is C20H23N7O4S. The average Bonchev–Trinajstić information content (AvgIpc) is 3.63. The highest BCUT2D eigenvalue weighted by atomic mass is 32.2. The molecule has 32 heavy (non-hydrogen) atoms. The summed E-state index contributed by atoms with van der Waals surface area (Å²) < 4.78 is 19.5. The van der Waals surface area contributed by atoms with E-state index in [1.807, 2.05) is 6.07 Å². The molecule has 3 N–H and O–H groups in total. The summed E-state index contributed by atoms with van der Waals surface area (Å²) in [4.78, 5) is 38.2. The van der Waals surface area contributed by atoms with Gasteiger partial charge in [0.25, 0.3) is 0 Å². The molecule has 0 saturated heterocycles. The molecule has 0 radical (unpaired) electrons. The van der Waals surface area contributed by atoms with Gasteiger partial charge in [0.15, 0.2) is 22.6 Å². The third-order valence-corrected chi connectivity index (χ3v) is 5.45. The summed E-state index contributed by atoms with van der Waals surface area (Å²) in [6, 6.07) is 3.63. The number of likely N-dealkylation sites (N-methyl/N-ethyl adjacent to an activating group) is 1. The molecule has 3 rings (SSSR count). The van der Waals surface area contributed by atoms with Crippen LogP contribution in [0.4, 0.5) is 11.5 Å². The van der Waals surface area contributed by atoms with Crippen LogP contribution in [-0.2, 0) is 20.7 Å². The first-order valence-electron chi connectivity index (χ1n) is 9.96. The van der Waals surface area contributed by atoms with Crippen molar-refractivity contribution in [2.45, 2.75) is 19.3 Å². The molecule has 0 aliphatic heterocycles. The monoisotopic (exact) mass is 457 g/mol. The zero-order chi connectivity index (χ0) is 23.1. The Hall–Kier alpha value is -3.43. The molecule has 1 atom stereocenters. The van der Waals surface area contributed by atoms with Gasteiger partial charge in [-0.3, -0.25) is 14.6 Å². The van der Waals surface area contributed by atoms with E-state index in [1.165, 1.54) is 23.5 Å². The summed E-state index contributed by atoms with van der Waals surface area (Å²) in [5, 5.41) is 15.0. The number of pyridine rings is 1. The van der Waals surface area contributed by atoms with Crippen LogP contribution in [-0.4, -0.2) is 66.3 Å². The number of nitrogens with one attached hydrogen (secondary N) is 2. The number of amides is 2. The van der Waals surface area contributed by atoms with Gasteiger partial charge in [-0.2, -0.15) is 5.26 Å². The number of aromatic nitrogens is 3. The Balaban J connectivity index is 1.63. The fourth-order valence-corrected chi connectivity index (χ4v) is 3.18. The van der Waals surface area contributed by atoms with Crippen LogP contribution in [0, 0.1) is 17.2 Å². The van der Waals surface area contributed by atoms with Gasteiger partial charge in [-0.1, -0.05) is 0 Å². The van der Waals surface area contributed by atoms with Crippen molar-refractivity contribution in [3.05, 3.63) is 30.4 Å². The molecular weight excluding hydrogens is 434 g/mol. The number of carbonyl (C=O) groups excluding carboxylic acids is 2. The molecule has 2 aromatic heterocycles. The Morgan fingerprint density at radius 3 is 2.69 bits per heavy atom. The predicted octanol–water partition coefficient (Wildman–Crippen LogP) is 1.24. The number of anilines is 2. The van der Waals surface area contributed by atoms with Crippen molar-refractivity contribution in [3.8, 4) is 17.3 Å². The van der Waals surface area contributed by atoms with Gasteiger partial charge in [0.1, 0.15) is 6.07 Å². The van der Waals surface area contributed by atoms with E-state index in [2.05, 4.69) is 25.6 Å². The highest BCUT2D eigenvalue weighted by molar-refractivity contribution is 7.79. The number of nitrogens with zero attached hydrogens (tertiary/aromatic N) is 5. The standard InChI is InChI=1S/C20H23N7O4S/c1-27(5-2-6-32(30)31)19(28)12-24-15-7-14(9-22-16(15)8-21)17-10-25-18(11-23-17)26-20(29)13-3-4-13/h7,9-11,13,24H,2-6,12H2,1H3,(H,30,31)(H,25,26,29). The zero-order valence-electron chi connectivity index (χ0n) is 17.4. The average molecular weight is 458 g/mol. The van der Waals surface area contributed by atoms with Gasteiger partial charge in [-0.05, 0) is 25.3 Å². The van der Waals surface area contributed by atoms with Crippen LogP contribution < -0.4 is 10.6 Å². The van der Waals surface area contributed by atoms with E-state index in [0.29, 0.717) is 35.7 Å². The summed E-state index contributed by atoms with van der Waals surface area (Å²) in [6.07, 6.45) is 6.64. The van der Waals surface area contributed by atoms with Gasteiger partial charge in [0.05, 0.1) is 36.1 Å². The van der Waals surface area contributed by atoms with E-state index in [9.17, 15) is 19.1 Å². The Bertz CT molecular complexity index is 1050. The third kappa shape index (κ3) is 6.53. The van der Waals surface area contributed by atoms with Crippen molar-refractivity contribution in [1.29, 1.82) is 5.26 Å². The summed E-state index contributed by atoms with van der Waals surface area (Å²) in [6.45, 7) is 0.270. The van der Waals surface area contributed by atoms with Crippen LogP contribution in [0.25, 0.3) is 11.3 Å². The van der Waals surface area contributed by atoms with Gasteiger partial charge in [0.2, 0.25) is 11.8 Å². The smallest absolute Gasteiger partial charge is 0.241 e. The largest absolute Gasteiger partial charge is 0.374 e. The van der Waals surface area contributed by atoms with Crippen molar-refractivity contribution >= 4 is 34.4 Å². The fraction of sp³-hybridized carbons (Fsp3) is 0.400. The number of hydrogen-bond donors (Lipinski definition) is 3. The first-order chi connectivity index (χ1) is 15.4. The van der Waals surface area contributed by atoms with E-state index in [1.54, 1.807) is 13.1 Å². The zero-order valence-corrected chi connectivity index (χ0v) is 18.3. The van der Waals surface area contributed by atoms with E-state index < -0.39 is 11.1 Å². The molecule has 0 spiro atoms. The van der Waals surface area contributed by atoms with Crippen molar-refractivity contribution in [2.24, 2.45) is 5.92 Å². The molecule has 11 nitrogen and oxygen atoms in total. The van der Waals surface area contributed by atoms with E-state index in [-0.39, 0.29) is 35.7 Å². The second-order valence-electron chi connectivity index (χ2n) is 7.33. The van der Waals surface area contributed by atoms with Crippen LogP contribution in [0.3, 0.4) is 0 Å². The molecule has 12 heteroatoms. The lowest BCUT2D eigenvalue weighted by Gasteiger charge is -2.17. The van der Waals surface area contributed by atoms with E-state index in [4.69, 9.17) is 4.55 Å². The molecule has 1 unspecified atom stereocenters. The Labute approximate surface area is 187 Å². The Kier molecular flexibility index (Phi) is 7.80. The predicted molar refractivity (Wildman–Crippen MR) is 118 cm³/mol. The van der Waals surface area contributed by atoms with Gasteiger partial charge in [-0.25, -0.2) is 14.2 Å². The first-order valence-corrected chi connectivity index (χ1v) is 11.2. The van der Waals surface area contributed by atoms with E-state index in [0.717, 1.165) is 12.8 Å². The highest BCUT2D eigenvalue weighted by Crippen LogP contribution is 2.30. The summed E-state index contributed by atoms with van der Waals surface area (Å²) in [5.74, 6) is 0.230. The molecule has 0 aromatic carbocycles. The lowest BCUT2D eigenvalue weighted by atomic mass is 10.1. The maximum absolute atomic E-state index is 12.3. The molecule has 0 bridgehead atoms. The minimum absolute atomic E-state index is 0.0576.